The summed E-state index contributed by atoms with van der Waals surface area (Å²) in [5.41, 5.74) is 0.549. The molecule has 194 valence electrons. The molecule has 1 aromatic carbocycles. The minimum absolute atomic E-state index is 0.0500. The Kier molecular flexibility index (Phi) is 10.6. The maximum atomic E-state index is 12.6. The zero-order chi connectivity index (χ0) is 26.2. The number of amides is 1. The Morgan fingerprint density at radius 3 is 2.46 bits per heavy atom. The number of ether oxygens (including phenoxy) is 1. The number of rotatable bonds is 13. The monoisotopic (exact) mass is 564 g/mol. The van der Waals surface area contributed by atoms with Crippen molar-refractivity contribution in [2.75, 3.05) is 25.7 Å². The molecule has 0 fully saturated rings. The van der Waals surface area contributed by atoms with Gasteiger partial charge in [0.25, 0.3) is 5.91 Å². The number of nitrogens with one attached hydrogen (secondary N) is 2. The number of hydrogen-bond acceptors (Lipinski definition) is 9. The van der Waals surface area contributed by atoms with Gasteiger partial charge in [-0.15, -0.1) is 11.3 Å². The van der Waals surface area contributed by atoms with Crippen LogP contribution in [0.2, 0.25) is 0 Å². The summed E-state index contributed by atoms with van der Waals surface area (Å²) < 4.78 is 67.8. The van der Waals surface area contributed by atoms with Gasteiger partial charge in [-0.05, 0) is 42.7 Å². The standard InChI is InChI=1S/C21H28N2O8S4/c1-4-17(21(25)31-2)23-35(29,30)16-8-5-7-15(13-16)14-33(26)12-6-11-22-20(24)18-9-10-19(32-18)34(3,27)28/h5,7-10,13,17,23H,4,6,11-12,14H2,1-3H3,(H,22,24). The molecule has 10 nitrogen and oxygen atoms in total. The highest BCUT2D eigenvalue weighted by molar-refractivity contribution is 7.92. The number of carbonyl (C=O) groups is 2. The largest absolute Gasteiger partial charge is 0.468 e. The van der Waals surface area contributed by atoms with Gasteiger partial charge in [0.15, 0.2) is 9.84 Å². The molecule has 0 radical (unpaired) electrons. The van der Waals surface area contributed by atoms with Crippen molar-refractivity contribution in [3.05, 3.63) is 46.8 Å². The van der Waals surface area contributed by atoms with Gasteiger partial charge in [0.1, 0.15) is 10.3 Å². The van der Waals surface area contributed by atoms with E-state index in [0.29, 0.717) is 12.0 Å². The van der Waals surface area contributed by atoms with Crippen molar-refractivity contribution < 1.29 is 35.4 Å². The molecule has 2 atom stereocenters. The van der Waals surface area contributed by atoms with Gasteiger partial charge in [0.05, 0.1) is 16.9 Å². The molecule has 2 rings (SSSR count). The van der Waals surface area contributed by atoms with E-state index in [-0.39, 0.29) is 38.5 Å². The molecule has 0 spiro atoms. The second-order valence-corrected chi connectivity index (χ2v) is 14.2. The summed E-state index contributed by atoms with van der Waals surface area (Å²) in [5, 5.41) is 2.67. The second-order valence-electron chi connectivity index (χ2n) is 7.54. The lowest BCUT2D eigenvalue weighted by molar-refractivity contribution is -0.142. The Hall–Kier alpha value is -2.13. The highest BCUT2D eigenvalue weighted by Gasteiger charge is 2.25. The maximum Gasteiger partial charge on any atom is 0.323 e. The van der Waals surface area contributed by atoms with E-state index < -0.39 is 48.6 Å². The van der Waals surface area contributed by atoms with E-state index in [1.54, 1.807) is 13.0 Å². The van der Waals surface area contributed by atoms with Crippen LogP contribution in [0, 0.1) is 0 Å². The second kappa shape index (κ2) is 12.7. The van der Waals surface area contributed by atoms with Crippen LogP contribution in [0.15, 0.2) is 45.5 Å². The maximum absolute atomic E-state index is 12.6. The van der Waals surface area contributed by atoms with Crippen LogP contribution in [0.5, 0.6) is 0 Å². The van der Waals surface area contributed by atoms with E-state index in [1.807, 2.05) is 0 Å². The summed E-state index contributed by atoms with van der Waals surface area (Å²) in [6.07, 6.45) is 1.71. The molecule has 14 heteroatoms. The first-order chi connectivity index (χ1) is 16.4. The third-order valence-electron chi connectivity index (χ3n) is 4.73. The lowest BCUT2D eigenvalue weighted by atomic mass is 10.2. The van der Waals surface area contributed by atoms with Gasteiger partial charge < -0.3 is 10.1 Å². The predicted octanol–water partition coefficient (Wildman–Crippen LogP) is 1.45. The van der Waals surface area contributed by atoms with Gasteiger partial charge in [-0.3, -0.25) is 13.8 Å². The molecule has 2 unspecified atom stereocenters. The predicted molar refractivity (Wildman–Crippen MR) is 134 cm³/mol. The van der Waals surface area contributed by atoms with Crippen LogP contribution in [0.4, 0.5) is 0 Å². The number of esters is 1. The zero-order valence-corrected chi connectivity index (χ0v) is 22.7. The summed E-state index contributed by atoms with van der Waals surface area (Å²) in [6, 6.07) is 7.80. The topological polar surface area (TPSA) is 153 Å². The van der Waals surface area contributed by atoms with Crippen molar-refractivity contribution in [3.8, 4) is 0 Å². The average molecular weight is 565 g/mol. The summed E-state index contributed by atoms with van der Waals surface area (Å²) >= 11 is 0.885. The number of sulfonamides is 1. The van der Waals surface area contributed by atoms with Crippen LogP contribution in [0.3, 0.4) is 0 Å². The van der Waals surface area contributed by atoms with Gasteiger partial charge >= 0.3 is 5.97 Å². The van der Waals surface area contributed by atoms with Gasteiger partial charge in [-0.1, -0.05) is 19.1 Å². The molecule has 0 saturated carbocycles. The first kappa shape index (κ1) is 29.1. The van der Waals surface area contributed by atoms with E-state index in [2.05, 4.69) is 14.8 Å². The molecule has 2 N–H and O–H groups in total. The number of carbonyl (C=O) groups excluding carboxylic acids is 2. The average Bonchev–Trinajstić information content (AvgIpc) is 3.31. The van der Waals surface area contributed by atoms with E-state index in [9.17, 15) is 30.6 Å². The zero-order valence-electron chi connectivity index (χ0n) is 19.5. The Morgan fingerprint density at radius 2 is 1.86 bits per heavy atom. The molecule has 0 saturated heterocycles. The van der Waals surface area contributed by atoms with Crippen molar-refractivity contribution in [3.63, 3.8) is 0 Å². The fraction of sp³-hybridized carbons (Fsp3) is 0.429. The fourth-order valence-corrected chi connectivity index (χ4v) is 7.26. The molecule has 0 aliphatic heterocycles. The normalized spacial score (nSPS) is 13.7. The van der Waals surface area contributed by atoms with Crippen LogP contribution in [0.25, 0.3) is 0 Å². The minimum atomic E-state index is -3.98. The molecule has 1 heterocycles. The van der Waals surface area contributed by atoms with Gasteiger partial charge in [-0.25, -0.2) is 16.8 Å². The SMILES string of the molecule is CCC(NS(=O)(=O)c1cccc(CS(=O)CCCNC(=O)c2ccc(S(C)(=O)=O)s2)c1)C(=O)OC. The van der Waals surface area contributed by atoms with E-state index in [1.165, 1.54) is 37.4 Å². The number of methoxy groups -OCH3 is 1. The highest BCUT2D eigenvalue weighted by atomic mass is 32.2. The van der Waals surface area contributed by atoms with Crippen LogP contribution in [-0.2, 0) is 45.9 Å². The van der Waals surface area contributed by atoms with Crippen molar-refractivity contribution in [1.29, 1.82) is 0 Å². The van der Waals surface area contributed by atoms with Crippen LogP contribution < -0.4 is 10.0 Å². The molecule has 1 aromatic heterocycles. The first-order valence-electron chi connectivity index (χ1n) is 10.5. The number of benzene rings is 1. The van der Waals surface area contributed by atoms with Crippen molar-refractivity contribution in [2.24, 2.45) is 0 Å². The summed E-state index contributed by atoms with van der Waals surface area (Å²) in [4.78, 5) is 24.1. The molecule has 1 amide bonds. The molecular formula is C21H28N2O8S4. The molecule has 2 aromatic rings. The number of thiophene rings is 1. The third-order valence-corrected chi connectivity index (χ3v) is 10.5. The fourth-order valence-electron chi connectivity index (χ4n) is 2.92. The van der Waals surface area contributed by atoms with Crippen LogP contribution >= 0.6 is 11.3 Å². The molecule has 0 aliphatic carbocycles. The minimum Gasteiger partial charge on any atom is -0.468 e. The third kappa shape index (κ3) is 8.79. The Bertz CT molecular complexity index is 1290. The molecule has 0 bridgehead atoms. The van der Waals surface area contributed by atoms with E-state index >= 15 is 0 Å². The van der Waals surface area contributed by atoms with Crippen molar-refractivity contribution in [2.45, 2.75) is 40.7 Å². The van der Waals surface area contributed by atoms with Crippen LogP contribution in [0.1, 0.15) is 35.0 Å². The molecule has 0 aliphatic rings. The lowest BCUT2D eigenvalue weighted by Gasteiger charge is -2.15. The Labute approximate surface area is 211 Å². The Balaban J connectivity index is 1.88. The van der Waals surface area contributed by atoms with E-state index in [0.717, 1.165) is 17.6 Å². The van der Waals surface area contributed by atoms with Crippen molar-refractivity contribution >= 4 is 53.9 Å². The highest BCUT2D eigenvalue weighted by Crippen LogP contribution is 2.21. The van der Waals surface area contributed by atoms with Crippen LogP contribution in [-0.4, -0.2) is 64.6 Å². The Morgan fingerprint density at radius 1 is 1.14 bits per heavy atom. The lowest BCUT2D eigenvalue weighted by Crippen LogP contribution is -2.40. The first-order valence-corrected chi connectivity index (χ1v) is 16.2. The smallest absolute Gasteiger partial charge is 0.323 e. The molecule has 35 heavy (non-hydrogen) atoms. The van der Waals surface area contributed by atoms with E-state index in [4.69, 9.17) is 0 Å². The van der Waals surface area contributed by atoms with Gasteiger partial charge in [0, 0.05) is 35.1 Å². The quantitative estimate of drug-likeness (QED) is 0.274. The summed E-state index contributed by atoms with van der Waals surface area (Å²) in [7, 11) is -7.49. The molecular weight excluding hydrogens is 537 g/mol. The number of hydrogen-bond donors (Lipinski definition) is 2. The van der Waals surface area contributed by atoms with Gasteiger partial charge in [0.2, 0.25) is 10.0 Å². The summed E-state index contributed by atoms with van der Waals surface area (Å²) in [5.74, 6) is -0.697. The van der Waals surface area contributed by atoms with Gasteiger partial charge in [-0.2, -0.15) is 4.72 Å². The van der Waals surface area contributed by atoms with Crippen molar-refractivity contribution in [1.82, 2.24) is 10.0 Å². The number of sulfone groups is 1. The summed E-state index contributed by atoms with van der Waals surface area (Å²) in [6.45, 7) is 1.90.